The number of carbonyl (C=O) groups is 2. The molecule has 0 spiro atoms. The largest absolute Gasteiger partial charge is 0.444 e. The van der Waals surface area contributed by atoms with Crippen LogP contribution in [0.2, 0.25) is 0 Å². The van der Waals surface area contributed by atoms with Crippen LogP contribution in [0.15, 0.2) is 35.1 Å². The van der Waals surface area contributed by atoms with E-state index in [0.717, 1.165) is 15.4 Å². The average molecular weight is 572 g/mol. The lowest BCUT2D eigenvalue weighted by atomic mass is 10.2. The van der Waals surface area contributed by atoms with E-state index in [4.69, 9.17) is 14.7 Å². The number of para-hydroxylation sites is 1. The third kappa shape index (κ3) is 5.98. The highest BCUT2D eigenvalue weighted by molar-refractivity contribution is 9.10. The van der Waals surface area contributed by atoms with E-state index in [9.17, 15) is 9.59 Å². The molecule has 0 fully saturated rings. The molecule has 196 valence electrons. The lowest BCUT2D eigenvalue weighted by Gasteiger charge is -2.25. The van der Waals surface area contributed by atoms with E-state index in [2.05, 4.69) is 36.8 Å². The number of likely N-dealkylation sites (N-methyl/N-ethyl adjacent to an activating group) is 1. The van der Waals surface area contributed by atoms with Crippen molar-refractivity contribution in [3.05, 3.63) is 35.1 Å². The van der Waals surface area contributed by atoms with E-state index >= 15 is 0 Å². The normalized spacial score (nSPS) is 12.5. The number of rotatable bonds is 7. The first-order valence-electron chi connectivity index (χ1n) is 11.8. The van der Waals surface area contributed by atoms with Gasteiger partial charge in [-0.25, -0.2) is 14.8 Å². The Morgan fingerprint density at radius 1 is 1.24 bits per heavy atom. The molecule has 0 saturated heterocycles. The van der Waals surface area contributed by atoms with Crippen molar-refractivity contribution < 1.29 is 14.3 Å². The molecule has 1 aromatic carbocycles. The highest BCUT2D eigenvalue weighted by atomic mass is 79.9. The zero-order chi connectivity index (χ0) is 26.9. The molecule has 0 aliphatic rings. The van der Waals surface area contributed by atoms with Crippen LogP contribution in [-0.4, -0.2) is 78.0 Å². The van der Waals surface area contributed by atoms with E-state index < -0.39 is 17.7 Å². The second-order valence-electron chi connectivity index (χ2n) is 9.70. The first-order chi connectivity index (χ1) is 17.4. The molecule has 13 heteroatoms. The van der Waals surface area contributed by atoms with Gasteiger partial charge in [-0.3, -0.25) is 9.48 Å². The summed E-state index contributed by atoms with van der Waals surface area (Å²) in [5, 5.41) is 15.7. The fourth-order valence-electron chi connectivity index (χ4n) is 3.54. The van der Waals surface area contributed by atoms with Crippen LogP contribution in [0.5, 0.6) is 0 Å². The molecule has 0 radical (unpaired) electrons. The molecular weight excluding hydrogens is 542 g/mol. The predicted molar refractivity (Wildman–Crippen MR) is 143 cm³/mol. The Labute approximate surface area is 222 Å². The van der Waals surface area contributed by atoms with Crippen LogP contribution in [0, 0.1) is 0 Å². The molecule has 4 aromatic rings. The fraction of sp³-hybridized carbons (Fsp3) is 0.417. The van der Waals surface area contributed by atoms with Gasteiger partial charge in [0.05, 0.1) is 17.3 Å². The van der Waals surface area contributed by atoms with E-state index in [1.807, 2.05) is 31.4 Å². The maximum atomic E-state index is 12.8. The second-order valence-corrected chi connectivity index (χ2v) is 10.6. The van der Waals surface area contributed by atoms with Crippen molar-refractivity contribution in [2.75, 3.05) is 25.5 Å². The van der Waals surface area contributed by atoms with Gasteiger partial charge in [0.25, 0.3) is 0 Å². The minimum absolute atomic E-state index is 0.257. The van der Waals surface area contributed by atoms with Gasteiger partial charge in [0.2, 0.25) is 11.9 Å². The second kappa shape index (κ2) is 10.3. The van der Waals surface area contributed by atoms with Crippen LogP contribution >= 0.6 is 15.9 Å². The Hall–Kier alpha value is -3.74. The topological polar surface area (TPSA) is 132 Å². The maximum absolute atomic E-state index is 12.8. The highest BCUT2D eigenvalue weighted by Crippen LogP contribution is 2.28. The standard InChI is InChI=1S/C24H30BrN9O3/c1-14(21(35)26-10-11-32(5)23(36)37-24(2,3)4)28-22-29-18-16(8-7-9-17(18)25)20-30-19(31-34(20)22)15-12-27-33(6)13-15/h7-9,12-14H,10-11H2,1-6H3,(H,26,35)(H,28,29)/t14-/m1/s1. The van der Waals surface area contributed by atoms with E-state index in [-0.39, 0.29) is 12.5 Å². The molecule has 0 aliphatic heterocycles. The van der Waals surface area contributed by atoms with Crippen molar-refractivity contribution in [2.45, 2.75) is 39.3 Å². The number of hydrogen-bond acceptors (Lipinski definition) is 8. The molecule has 2 amide bonds. The molecule has 2 N–H and O–H groups in total. The molecule has 0 unspecified atom stereocenters. The third-order valence-corrected chi connectivity index (χ3v) is 6.05. The minimum atomic E-state index is -0.645. The molecule has 3 heterocycles. The zero-order valence-corrected chi connectivity index (χ0v) is 23.2. The monoisotopic (exact) mass is 571 g/mol. The summed E-state index contributed by atoms with van der Waals surface area (Å²) < 4.78 is 9.40. The van der Waals surface area contributed by atoms with Crippen molar-refractivity contribution >= 4 is 50.4 Å². The zero-order valence-electron chi connectivity index (χ0n) is 21.6. The van der Waals surface area contributed by atoms with Crippen LogP contribution in [0.1, 0.15) is 27.7 Å². The van der Waals surface area contributed by atoms with Crippen molar-refractivity contribution in [1.29, 1.82) is 0 Å². The summed E-state index contributed by atoms with van der Waals surface area (Å²) in [6.45, 7) is 7.71. The van der Waals surface area contributed by atoms with Gasteiger partial charge in [-0.2, -0.15) is 9.61 Å². The number of amides is 2. The first-order valence-corrected chi connectivity index (χ1v) is 12.5. The van der Waals surface area contributed by atoms with E-state index in [1.54, 1.807) is 50.1 Å². The van der Waals surface area contributed by atoms with Crippen LogP contribution in [0.4, 0.5) is 10.7 Å². The smallest absolute Gasteiger partial charge is 0.410 e. The summed E-state index contributed by atoms with van der Waals surface area (Å²) in [4.78, 5) is 35.8. The molecule has 3 aromatic heterocycles. The fourth-order valence-corrected chi connectivity index (χ4v) is 3.99. The Morgan fingerprint density at radius 2 is 2.00 bits per heavy atom. The van der Waals surface area contributed by atoms with Gasteiger partial charge < -0.3 is 20.3 Å². The van der Waals surface area contributed by atoms with Crippen LogP contribution in [-0.2, 0) is 16.6 Å². The lowest BCUT2D eigenvalue weighted by Crippen LogP contribution is -2.43. The average Bonchev–Trinajstić information content (AvgIpc) is 3.45. The van der Waals surface area contributed by atoms with Crippen LogP contribution in [0.3, 0.4) is 0 Å². The molecule has 0 bridgehead atoms. The molecule has 37 heavy (non-hydrogen) atoms. The summed E-state index contributed by atoms with van der Waals surface area (Å²) >= 11 is 3.56. The number of nitrogens with zero attached hydrogens (tertiary/aromatic N) is 7. The number of hydrogen-bond donors (Lipinski definition) is 2. The number of benzene rings is 1. The van der Waals surface area contributed by atoms with Crippen LogP contribution < -0.4 is 10.6 Å². The predicted octanol–water partition coefficient (Wildman–Crippen LogP) is 3.22. The lowest BCUT2D eigenvalue weighted by molar-refractivity contribution is -0.121. The molecule has 0 aliphatic carbocycles. The molecule has 0 saturated carbocycles. The van der Waals surface area contributed by atoms with Gasteiger partial charge >= 0.3 is 6.09 Å². The number of aromatic nitrogens is 6. The molecule has 1 atom stereocenters. The van der Waals surface area contributed by atoms with Crippen molar-refractivity contribution in [1.82, 2.24) is 39.6 Å². The third-order valence-electron chi connectivity index (χ3n) is 5.41. The first kappa shape index (κ1) is 26.3. The quantitative estimate of drug-likeness (QED) is 0.345. The van der Waals surface area contributed by atoms with E-state index in [1.165, 1.54) is 4.90 Å². The van der Waals surface area contributed by atoms with E-state index in [0.29, 0.717) is 29.5 Å². The Morgan fingerprint density at radius 3 is 2.68 bits per heavy atom. The number of anilines is 1. The summed E-state index contributed by atoms with van der Waals surface area (Å²) in [5.41, 5.74) is 1.46. The highest BCUT2D eigenvalue weighted by Gasteiger charge is 2.22. The molecule has 4 rings (SSSR count). The van der Waals surface area contributed by atoms with Crippen molar-refractivity contribution in [3.63, 3.8) is 0 Å². The van der Waals surface area contributed by atoms with Gasteiger partial charge in [-0.05, 0) is 55.8 Å². The van der Waals surface area contributed by atoms with Gasteiger partial charge in [0.1, 0.15) is 11.6 Å². The van der Waals surface area contributed by atoms with Gasteiger partial charge in [0, 0.05) is 43.2 Å². The molecule has 12 nitrogen and oxygen atoms in total. The van der Waals surface area contributed by atoms with Gasteiger partial charge in [-0.1, -0.05) is 6.07 Å². The summed E-state index contributed by atoms with van der Waals surface area (Å²) in [7, 11) is 3.45. The Balaban J connectivity index is 1.52. The van der Waals surface area contributed by atoms with Crippen LogP contribution in [0.25, 0.3) is 27.9 Å². The number of carbonyl (C=O) groups excluding carboxylic acids is 2. The van der Waals surface area contributed by atoms with Gasteiger partial charge in [0.15, 0.2) is 11.5 Å². The summed E-state index contributed by atoms with van der Waals surface area (Å²) in [5.74, 6) is 0.602. The molecular formula is C24H30BrN9O3. The van der Waals surface area contributed by atoms with Crippen molar-refractivity contribution in [3.8, 4) is 11.4 Å². The Kier molecular flexibility index (Phi) is 7.35. The number of fused-ring (bicyclic) bond motifs is 3. The number of nitrogens with one attached hydrogen (secondary N) is 2. The van der Waals surface area contributed by atoms with Gasteiger partial charge in [-0.15, -0.1) is 5.10 Å². The SMILES string of the molecule is C[C@@H](Nc1nc2c(Br)cccc2c2nc(-c3cnn(C)c3)nn12)C(=O)NCCN(C)C(=O)OC(C)(C)C. The summed E-state index contributed by atoms with van der Waals surface area (Å²) in [6.07, 6.45) is 3.08. The summed E-state index contributed by atoms with van der Waals surface area (Å²) in [6, 6.07) is 5.08. The number of halogens is 1. The number of aryl methyl sites for hydroxylation is 1. The number of ether oxygens (including phenoxy) is 1. The minimum Gasteiger partial charge on any atom is -0.444 e. The maximum Gasteiger partial charge on any atom is 0.410 e. The van der Waals surface area contributed by atoms with Crippen molar-refractivity contribution in [2.24, 2.45) is 7.05 Å². The Bertz CT molecular complexity index is 1460.